The van der Waals surface area contributed by atoms with Crippen molar-refractivity contribution in [3.05, 3.63) is 23.8 Å². The molecule has 1 aromatic rings. The molecule has 0 bridgehead atoms. The van der Waals surface area contributed by atoms with Crippen LogP contribution in [0.4, 0.5) is 0 Å². The van der Waals surface area contributed by atoms with Gasteiger partial charge in [0, 0.05) is 6.54 Å². The fourth-order valence-electron chi connectivity index (χ4n) is 2.31. The molecule has 1 aliphatic heterocycles. The zero-order valence-corrected chi connectivity index (χ0v) is 10.2. The number of likely N-dealkylation sites (tertiary alicyclic amines) is 1. The van der Waals surface area contributed by atoms with Crippen molar-refractivity contribution in [3.63, 3.8) is 0 Å². The molecule has 16 heavy (non-hydrogen) atoms. The Labute approximate surface area is 97.0 Å². The molecule has 0 radical (unpaired) electrons. The summed E-state index contributed by atoms with van der Waals surface area (Å²) in [5.41, 5.74) is 1.35. The van der Waals surface area contributed by atoms with Crippen LogP contribution in [0.2, 0.25) is 0 Å². The third-order valence-corrected chi connectivity index (χ3v) is 3.27. The minimum absolute atomic E-state index is 0.629. The predicted octanol–water partition coefficient (Wildman–Crippen LogP) is 2.12. The maximum absolute atomic E-state index is 5.32. The van der Waals surface area contributed by atoms with Crippen molar-refractivity contribution in [2.75, 3.05) is 34.4 Å². The molecule has 0 saturated carbocycles. The summed E-state index contributed by atoms with van der Waals surface area (Å²) in [5, 5.41) is 0. The lowest BCUT2D eigenvalue weighted by Gasteiger charge is -2.14. The molecule has 88 valence electrons. The smallest absolute Gasteiger partial charge is 0.160 e. The molecule has 3 heteroatoms. The van der Waals surface area contributed by atoms with Gasteiger partial charge in [0.1, 0.15) is 0 Å². The van der Waals surface area contributed by atoms with Gasteiger partial charge in [-0.2, -0.15) is 0 Å². The Hall–Kier alpha value is -1.22. The molecule has 1 saturated heterocycles. The number of hydrogen-bond acceptors (Lipinski definition) is 3. The number of rotatable bonds is 3. The standard InChI is InChI=1S/C13H19NO2/c1-14-7-6-11(9-14)10-4-5-12(15-2)13(8-10)16-3/h4-5,8,11H,6-7,9H2,1-3H3/t11-/m1/s1. The molecule has 0 aromatic heterocycles. The van der Waals surface area contributed by atoms with Crippen molar-refractivity contribution in [1.82, 2.24) is 4.90 Å². The van der Waals surface area contributed by atoms with Crippen LogP contribution in [0.25, 0.3) is 0 Å². The first kappa shape index (κ1) is 11.3. The van der Waals surface area contributed by atoms with E-state index in [-0.39, 0.29) is 0 Å². The quantitative estimate of drug-likeness (QED) is 0.780. The Morgan fingerprint density at radius 1 is 1.19 bits per heavy atom. The largest absolute Gasteiger partial charge is 0.493 e. The summed E-state index contributed by atoms with van der Waals surface area (Å²) in [5.74, 6) is 2.26. The van der Waals surface area contributed by atoms with Crippen molar-refractivity contribution in [2.24, 2.45) is 0 Å². The molecule has 3 nitrogen and oxygen atoms in total. The van der Waals surface area contributed by atoms with E-state index in [0.717, 1.165) is 18.0 Å². The summed E-state index contributed by atoms with van der Waals surface area (Å²) in [6, 6.07) is 6.24. The summed E-state index contributed by atoms with van der Waals surface area (Å²) < 4.78 is 10.6. The van der Waals surface area contributed by atoms with E-state index in [4.69, 9.17) is 9.47 Å². The fraction of sp³-hybridized carbons (Fsp3) is 0.538. The highest BCUT2D eigenvalue weighted by Gasteiger charge is 2.21. The lowest BCUT2D eigenvalue weighted by Crippen LogP contribution is -2.13. The summed E-state index contributed by atoms with van der Waals surface area (Å²) in [6.45, 7) is 2.31. The molecule has 0 aliphatic carbocycles. The second kappa shape index (κ2) is 4.74. The summed E-state index contributed by atoms with van der Waals surface area (Å²) >= 11 is 0. The maximum atomic E-state index is 5.32. The van der Waals surface area contributed by atoms with Gasteiger partial charge in [0.15, 0.2) is 11.5 Å². The van der Waals surface area contributed by atoms with E-state index in [2.05, 4.69) is 24.1 Å². The van der Waals surface area contributed by atoms with Gasteiger partial charge in [-0.15, -0.1) is 0 Å². The molecular weight excluding hydrogens is 202 g/mol. The highest BCUT2D eigenvalue weighted by molar-refractivity contribution is 5.44. The van der Waals surface area contributed by atoms with Crippen molar-refractivity contribution >= 4 is 0 Å². The first-order chi connectivity index (χ1) is 7.74. The number of nitrogens with zero attached hydrogens (tertiary/aromatic N) is 1. The zero-order chi connectivity index (χ0) is 11.5. The first-order valence-electron chi connectivity index (χ1n) is 5.65. The predicted molar refractivity (Wildman–Crippen MR) is 64.4 cm³/mol. The average molecular weight is 221 g/mol. The van der Waals surface area contributed by atoms with Crippen LogP contribution in [0.1, 0.15) is 17.9 Å². The highest BCUT2D eigenvalue weighted by Crippen LogP contribution is 2.33. The van der Waals surface area contributed by atoms with Crippen LogP contribution in [0.15, 0.2) is 18.2 Å². The van der Waals surface area contributed by atoms with Crippen molar-refractivity contribution in [3.8, 4) is 11.5 Å². The lowest BCUT2D eigenvalue weighted by atomic mass is 9.98. The molecule has 0 spiro atoms. The van der Waals surface area contributed by atoms with Crippen LogP contribution < -0.4 is 9.47 Å². The van der Waals surface area contributed by atoms with Crippen LogP contribution in [-0.2, 0) is 0 Å². The third kappa shape index (κ3) is 2.14. The Kier molecular flexibility index (Phi) is 3.34. The van der Waals surface area contributed by atoms with Gasteiger partial charge in [-0.3, -0.25) is 0 Å². The fourth-order valence-corrected chi connectivity index (χ4v) is 2.31. The maximum Gasteiger partial charge on any atom is 0.160 e. The van der Waals surface area contributed by atoms with Gasteiger partial charge >= 0.3 is 0 Å². The Morgan fingerprint density at radius 2 is 1.94 bits per heavy atom. The van der Waals surface area contributed by atoms with Crippen LogP contribution in [0.5, 0.6) is 11.5 Å². The van der Waals surface area contributed by atoms with Crippen LogP contribution in [0.3, 0.4) is 0 Å². The average Bonchev–Trinajstić information content (AvgIpc) is 2.75. The normalized spacial score (nSPS) is 21.1. The molecule has 2 rings (SSSR count). The Balaban J connectivity index is 2.22. The van der Waals surface area contributed by atoms with Gasteiger partial charge in [0.05, 0.1) is 14.2 Å². The van der Waals surface area contributed by atoms with Crippen molar-refractivity contribution in [1.29, 1.82) is 0 Å². The second-order valence-corrected chi connectivity index (χ2v) is 4.36. The minimum Gasteiger partial charge on any atom is -0.493 e. The van der Waals surface area contributed by atoms with E-state index >= 15 is 0 Å². The van der Waals surface area contributed by atoms with Crippen LogP contribution in [0, 0.1) is 0 Å². The second-order valence-electron chi connectivity index (χ2n) is 4.36. The topological polar surface area (TPSA) is 21.7 Å². The van der Waals surface area contributed by atoms with E-state index in [9.17, 15) is 0 Å². The third-order valence-electron chi connectivity index (χ3n) is 3.27. The first-order valence-corrected chi connectivity index (χ1v) is 5.65. The number of benzene rings is 1. The molecule has 1 atom stereocenters. The van der Waals surface area contributed by atoms with Crippen molar-refractivity contribution in [2.45, 2.75) is 12.3 Å². The molecule has 1 aliphatic rings. The SMILES string of the molecule is COc1ccc([C@@H]2CCN(C)C2)cc1OC. The molecule has 0 N–H and O–H groups in total. The van der Waals surface area contributed by atoms with Crippen LogP contribution >= 0.6 is 0 Å². The number of hydrogen-bond donors (Lipinski definition) is 0. The van der Waals surface area contributed by atoms with E-state index in [1.165, 1.54) is 18.5 Å². The molecule has 1 aromatic carbocycles. The lowest BCUT2D eigenvalue weighted by molar-refractivity contribution is 0.354. The molecule has 0 unspecified atom stereocenters. The monoisotopic (exact) mass is 221 g/mol. The van der Waals surface area contributed by atoms with Crippen LogP contribution in [-0.4, -0.2) is 39.3 Å². The van der Waals surface area contributed by atoms with Gasteiger partial charge in [-0.05, 0) is 43.6 Å². The van der Waals surface area contributed by atoms with Crippen molar-refractivity contribution < 1.29 is 9.47 Å². The van der Waals surface area contributed by atoms with Gasteiger partial charge in [-0.25, -0.2) is 0 Å². The molecule has 1 heterocycles. The number of methoxy groups -OCH3 is 2. The summed E-state index contributed by atoms with van der Waals surface area (Å²) in [7, 11) is 5.52. The Bertz CT molecular complexity index is 365. The summed E-state index contributed by atoms with van der Waals surface area (Å²) in [6.07, 6.45) is 1.23. The highest BCUT2D eigenvalue weighted by atomic mass is 16.5. The van der Waals surface area contributed by atoms with E-state index < -0.39 is 0 Å². The van der Waals surface area contributed by atoms with E-state index in [1.54, 1.807) is 14.2 Å². The van der Waals surface area contributed by atoms with E-state index in [0.29, 0.717) is 5.92 Å². The summed E-state index contributed by atoms with van der Waals surface area (Å²) in [4.78, 5) is 2.36. The van der Waals surface area contributed by atoms with Gasteiger partial charge in [-0.1, -0.05) is 6.07 Å². The number of ether oxygens (including phenoxy) is 2. The zero-order valence-electron chi connectivity index (χ0n) is 10.2. The number of likely N-dealkylation sites (N-methyl/N-ethyl adjacent to an activating group) is 1. The van der Waals surface area contributed by atoms with E-state index in [1.807, 2.05) is 6.07 Å². The van der Waals surface area contributed by atoms with Gasteiger partial charge in [0.2, 0.25) is 0 Å². The minimum atomic E-state index is 0.629. The Morgan fingerprint density at radius 3 is 2.50 bits per heavy atom. The van der Waals surface area contributed by atoms with Gasteiger partial charge < -0.3 is 14.4 Å². The molecular formula is C13H19NO2. The molecule has 1 fully saturated rings. The van der Waals surface area contributed by atoms with Gasteiger partial charge in [0.25, 0.3) is 0 Å². The molecule has 0 amide bonds.